The summed E-state index contributed by atoms with van der Waals surface area (Å²) in [6, 6.07) is 8.61. The van der Waals surface area contributed by atoms with Gasteiger partial charge < -0.3 is 0 Å². The average molecular weight is 398 g/mol. The van der Waals surface area contributed by atoms with E-state index in [4.69, 9.17) is 9.72 Å². The van der Waals surface area contributed by atoms with Crippen LogP contribution in [0.4, 0.5) is 0 Å². The second kappa shape index (κ2) is 6.11. The van der Waals surface area contributed by atoms with E-state index in [1.54, 1.807) is 17.5 Å². The Morgan fingerprint density at radius 3 is 2.88 bits per heavy atom. The van der Waals surface area contributed by atoms with Gasteiger partial charge in [0.2, 0.25) is 0 Å². The summed E-state index contributed by atoms with van der Waals surface area (Å²) in [5, 5.41) is 1.23. The third kappa shape index (κ3) is 2.76. The van der Waals surface area contributed by atoms with Crippen molar-refractivity contribution in [2.45, 2.75) is 13.8 Å². The topological polar surface area (TPSA) is 60.8 Å². The van der Waals surface area contributed by atoms with Crippen LogP contribution in [-0.4, -0.2) is 43.4 Å². The van der Waals surface area contributed by atoms with Gasteiger partial charge in [-0.15, -0.1) is 0 Å². The summed E-state index contributed by atoms with van der Waals surface area (Å²) in [4.78, 5) is 19.0. The van der Waals surface area contributed by atoms with E-state index in [1.165, 1.54) is 32.5 Å². The van der Waals surface area contributed by atoms with Crippen molar-refractivity contribution < 1.29 is 4.74 Å². The molecule has 7 heteroatoms. The van der Waals surface area contributed by atoms with Gasteiger partial charge in [0.25, 0.3) is 0 Å². The summed E-state index contributed by atoms with van der Waals surface area (Å²) >= 11 is 3.05. The number of fused-ring (bicyclic) bond motifs is 2. The predicted molar refractivity (Wildman–Crippen MR) is 100 cm³/mol. The van der Waals surface area contributed by atoms with Crippen LogP contribution in [0.1, 0.15) is 12.5 Å². The monoisotopic (exact) mass is 398 g/mol. The fourth-order valence-corrected chi connectivity index (χ4v) is 4.04. The Morgan fingerprint density at radius 1 is 1.17 bits per heavy atom. The molecular formula is C17H15AsN4OS. The summed E-state index contributed by atoms with van der Waals surface area (Å²) in [6.45, 7) is 4.56. The van der Waals surface area contributed by atoms with Crippen molar-refractivity contribution >= 4 is 54.1 Å². The fourth-order valence-electron chi connectivity index (χ4n) is 2.54. The van der Waals surface area contributed by atoms with Crippen LogP contribution in [0.15, 0.2) is 30.5 Å². The normalized spacial score (nSPS) is 11.3. The van der Waals surface area contributed by atoms with E-state index in [0.29, 0.717) is 28.3 Å². The van der Waals surface area contributed by atoms with E-state index in [0.717, 1.165) is 10.6 Å². The quantitative estimate of drug-likeness (QED) is 0.496. The van der Waals surface area contributed by atoms with Crippen LogP contribution < -0.4 is 9.35 Å². The first-order chi connectivity index (χ1) is 11.6. The van der Waals surface area contributed by atoms with Crippen LogP contribution in [0.2, 0.25) is 0 Å². The molecule has 0 amide bonds. The van der Waals surface area contributed by atoms with Crippen LogP contribution in [0, 0.1) is 6.92 Å². The Bertz CT molecular complexity index is 1060. The zero-order valence-electron chi connectivity index (χ0n) is 13.3. The SMILES string of the molecule is CCOc1nc([AsH2])nc2ncc(-c3cc4cc(C)ccc4s3)nc12. The molecule has 4 rings (SSSR count). The van der Waals surface area contributed by atoms with E-state index >= 15 is 0 Å². The van der Waals surface area contributed by atoms with Crippen molar-refractivity contribution in [2.75, 3.05) is 6.61 Å². The molecule has 0 bridgehead atoms. The van der Waals surface area contributed by atoms with Gasteiger partial charge in [-0.25, -0.2) is 0 Å². The van der Waals surface area contributed by atoms with E-state index in [9.17, 15) is 0 Å². The van der Waals surface area contributed by atoms with E-state index in [2.05, 4.69) is 46.1 Å². The van der Waals surface area contributed by atoms with Gasteiger partial charge in [-0.1, -0.05) is 0 Å². The molecule has 3 aromatic heterocycles. The molecule has 0 saturated heterocycles. The first-order valence-corrected chi connectivity index (χ1v) is 9.60. The second-order valence-corrected chi connectivity index (χ2v) is 7.57. The maximum absolute atomic E-state index is 5.63. The number of aromatic nitrogens is 4. The minimum atomic E-state index is 0.508. The van der Waals surface area contributed by atoms with Gasteiger partial charge in [-0.3, -0.25) is 0 Å². The van der Waals surface area contributed by atoms with Crippen LogP contribution in [-0.2, 0) is 0 Å². The van der Waals surface area contributed by atoms with Crippen molar-refractivity contribution in [3.63, 3.8) is 0 Å². The average Bonchev–Trinajstić information content (AvgIpc) is 2.97. The molecule has 0 N–H and O–H groups in total. The molecule has 1 aromatic carbocycles. The summed E-state index contributed by atoms with van der Waals surface area (Å²) in [5.74, 6) is 0.508. The third-order valence-corrected chi connectivity index (χ3v) is 5.28. The van der Waals surface area contributed by atoms with Crippen LogP contribution >= 0.6 is 11.3 Å². The molecule has 0 aliphatic rings. The molecule has 5 nitrogen and oxygen atoms in total. The predicted octanol–water partition coefficient (Wildman–Crippen LogP) is 2.27. The molecule has 0 aliphatic heterocycles. The molecule has 1 atom stereocenters. The van der Waals surface area contributed by atoms with Crippen molar-refractivity contribution in [1.82, 2.24) is 19.9 Å². The van der Waals surface area contributed by atoms with E-state index in [-0.39, 0.29) is 0 Å². The molecule has 0 fully saturated rings. The number of ether oxygens (including phenoxy) is 1. The minimum absolute atomic E-state index is 0.508. The van der Waals surface area contributed by atoms with Crippen molar-refractivity contribution in [2.24, 2.45) is 0 Å². The van der Waals surface area contributed by atoms with Gasteiger partial charge in [0.1, 0.15) is 0 Å². The van der Waals surface area contributed by atoms with E-state index < -0.39 is 0 Å². The zero-order chi connectivity index (χ0) is 16.7. The maximum atomic E-state index is 5.63. The van der Waals surface area contributed by atoms with Gasteiger partial charge in [-0.05, 0) is 0 Å². The first-order valence-electron chi connectivity index (χ1n) is 7.57. The van der Waals surface area contributed by atoms with Gasteiger partial charge in [0.05, 0.1) is 0 Å². The zero-order valence-corrected chi connectivity index (χ0v) is 16.5. The van der Waals surface area contributed by atoms with Crippen molar-refractivity contribution in [3.05, 3.63) is 36.0 Å². The molecule has 0 radical (unpaired) electrons. The molecule has 24 heavy (non-hydrogen) atoms. The number of hydrogen-bond acceptors (Lipinski definition) is 6. The van der Waals surface area contributed by atoms with Crippen LogP contribution in [0.25, 0.3) is 31.8 Å². The van der Waals surface area contributed by atoms with Gasteiger partial charge in [-0.2, -0.15) is 0 Å². The van der Waals surface area contributed by atoms with Gasteiger partial charge in [0.15, 0.2) is 0 Å². The number of nitrogens with zero attached hydrogens (tertiary/aromatic N) is 4. The molecule has 120 valence electrons. The first kappa shape index (κ1) is 15.5. The Kier molecular flexibility index (Phi) is 3.94. The summed E-state index contributed by atoms with van der Waals surface area (Å²) in [5.41, 5.74) is 3.26. The molecule has 4 aromatic rings. The Morgan fingerprint density at radius 2 is 2.04 bits per heavy atom. The number of thiophene rings is 1. The van der Waals surface area contributed by atoms with Crippen molar-refractivity contribution in [1.29, 1.82) is 0 Å². The van der Waals surface area contributed by atoms with Crippen LogP contribution in [0.5, 0.6) is 5.88 Å². The third-order valence-electron chi connectivity index (χ3n) is 3.60. The fraction of sp³-hybridized carbons (Fsp3) is 0.176. The van der Waals surface area contributed by atoms with Gasteiger partial charge >= 0.3 is 152 Å². The molecule has 0 aliphatic carbocycles. The number of benzene rings is 1. The Labute approximate surface area is 151 Å². The second-order valence-electron chi connectivity index (χ2n) is 5.40. The molecule has 3 heterocycles. The summed E-state index contributed by atoms with van der Waals surface area (Å²) < 4.78 is 7.56. The Balaban J connectivity index is 1.89. The Hall–Kier alpha value is -2.04. The number of aryl methyl sites for hydroxylation is 1. The molecule has 0 saturated carbocycles. The summed E-state index contributed by atoms with van der Waals surface area (Å²) in [7, 11) is 0. The molecular weight excluding hydrogens is 383 g/mol. The number of hydrogen-bond donors (Lipinski definition) is 0. The van der Waals surface area contributed by atoms with E-state index in [1.807, 2.05) is 6.92 Å². The molecule has 0 spiro atoms. The standard InChI is InChI=1S/C17H15AsN4OS/c1-3-23-16-14-15(21-17(18)22-16)19-8-11(20-14)13-7-10-6-9(2)4-5-12(10)24-13/h4-8H,3,18H2,1-2H3. The van der Waals surface area contributed by atoms with Gasteiger partial charge in [0, 0.05) is 0 Å². The van der Waals surface area contributed by atoms with Crippen molar-refractivity contribution in [3.8, 4) is 16.5 Å². The van der Waals surface area contributed by atoms with Crippen LogP contribution in [0.3, 0.4) is 0 Å². The molecule has 1 unspecified atom stereocenters. The summed E-state index contributed by atoms with van der Waals surface area (Å²) in [6.07, 6.45) is 1.77. The number of rotatable bonds is 3.